The number of imide groups is 1. The Labute approximate surface area is 134 Å². The Morgan fingerprint density at radius 2 is 1.68 bits per heavy atom. The Kier molecular flexibility index (Phi) is 5.48. The second kappa shape index (κ2) is 6.99. The molecule has 1 aliphatic carbocycles. The molecule has 2 atom stereocenters. The maximum absolute atomic E-state index is 13.1. The fourth-order valence-corrected chi connectivity index (χ4v) is 4.17. The molecule has 1 saturated carbocycles. The van der Waals surface area contributed by atoms with Gasteiger partial charge in [-0.3, -0.25) is 9.69 Å². The molecule has 1 saturated heterocycles. The van der Waals surface area contributed by atoms with Crippen molar-refractivity contribution in [2.45, 2.75) is 65.3 Å². The molecule has 126 valence electrons. The van der Waals surface area contributed by atoms with Crippen molar-refractivity contribution >= 4 is 11.9 Å². The van der Waals surface area contributed by atoms with Gasteiger partial charge < -0.3 is 5.32 Å². The summed E-state index contributed by atoms with van der Waals surface area (Å²) < 4.78 is 0. The molecule has 22 heavy (non-hydrogen) atoms. The van der Waals surface area contributed by atoms with Gasteiger partial charge in [0.05, 0.1) is 6.67 Å². The van der Waals surface area contributed by atoms with E-state index < -0.39 is 5.54 Å². The van der Waals surface area contributed by atoms with Crippen molar-refractivity contribution in [3.63, 3.8) is 0 Å². The van der Waals surface area contributed by atoms with E-state index in [0.29, 0.717) is 6.67 Å². The first-order valence-electron chi connectivity index (χ1n) is 8.83. The van der Waals surface area contributed by atoms with Crippen LogP contribution in [-0.4, -0.2) is 47.0 Å². The lowest BCUT2D eigenvalue weighted by Crippen LogP contribution is -2.59. The van der Waals surface area contributed by atoms with Crippen molar-refractivity contribution in [2.75, 3.05) is 19.8 Å². The molecule has 1 heterocycles. The van der Waals surface area contributed by atoms with Gasteiger partial charge in [0, 0.05) is 0 Å². The molecule has 1 spiro atoms. The molecule has 2 aliphatic rings. The topological polar surface area (TPSA) is 52.6 Å². The Hall–Kier alpha value is -1.10. The zero-order valence-electron chi connectivity index (χ0n) is 14.5. The normalized spacial score (nSPS) is 32.1. The van der Waals surface area contributed by atoms with Crippen LogP contribution in [0.2, 0.25) is 0 Å². The van der Waals surface area contributed by atoms with Gasteiger partial charge in [0.2, 0.25) is 0 Å². The second-order valence-corrected chi connectivity index (χ2v) is 7.02. The van der Waals surface area contributed by atoms with E-state index in [9.17, 15) is 9.59 Å². The largest absolute Gasteiger partial charge is 0.326 e. The maximum Gasteiger partial charge on any atom is 0.326 e. The van der Waals surface area contributed by atoms with Gasteiger partial charge in [-0.25, -0.2) is 9.69 Å². The Balaban J connectivity index is 2.17. The van der Waals surface area contributed by atoms with Gasteiger partial charge in [-0.05, 0) is 50.6 Å². The predicted octanol–water partition coefficient (Wildman–Crippen LogP) is 2.81. The van der Waals surface area contributed by atoms with Crippen LogP contribution in [0, 0.1) is 11.8 Å². The lowest BCUT2D eigenvalue weighted by molar-refractivity contribution is -0.138. The van der Waals surface area contributed by atoms with Crippen molar-refractivity contribution in [2.24, 2.45) is 11.8 Å². The number of hydrogen-bond acceptors (Lipinski definition) is 3. The molecular weight excluding hydrogens is 278 g/mol. The standard InChI is InChI=1S/C17H31N3O2/c1-5-10-19(11-6-2)12-20-15(21)17(18-16(20)22)13(3)8-7-9-14(17)4/h13-14H,5-12H2,1-4H3,(H,18,22). The molecule has 2 unspecified atom stereocenters. The number of carbonyl (C=O) groups excluding carboxylic acids is 2. The highest BCUT2D eigenvalue weighted by Crippen LogP contribution is 2.42. The molecule has 5 heteroatoms. The van der Waals surface area contributed by atoms with Crippen molar-refractivity contribution in [1.82, 2.24) is 15.1 Å². The second-order valence-electron chi connectivity index (χ2n) is 7.02. The fraction of sp³-hybridized carbons (Fsp3) is 0.882. The van der Waals surface area contributed by atoms with Crippen LogP contribution in [0.15, 0.2) is 0 Å². The molecule has 2 rings (SSSR count). The van der Waals surface area contributed by atoms with Crippen molar-refractivity contribution < 1.29 is 9.59 Å². The van der Waals surface area contributed by atoms with E-state index in [-0.39, 0.29) is 23.8 Å². The van der Waals surface area contributed by atoms with Gasteiger partial charge >= 0.3 is 6.03 Å². The molecule has 0 bridgehead atoms. The zero-order chi connectivity index (χ0) is 16.3. The average molecular weight is 309 g/mol. The highest BCUT2D eigenvalue weighted by Gasteiger charge is 2.58. The van der Waals surface area contributed by atoms with Gasteiger partial charge in [0.1, 0.15) is 5.54 Å². The molecule has 0 aromatic heterocycles. The number of rotatable bonds is 6. The molecule has 1 N–H and O–H groups in total. The first-order valence-corrected chi connectivity index (χ1v) is 8.83. The lowest BCUT2D eigenvalue weighted by atomic mass is 9.67. The Bertz CT molecular complexity index is 408. The highest BCUT2D eigenvalue weighted by atomic mass is 16.2. The summed E-state index contributed by atoms with van der Waals surface area (Å²) in [6.07, 6.45) is 5.23. The van der Waals surface area contributed by atoms with E-state index in [4.69, 9.17) is 0 Å². The average Bonchev–Trinajstić information content (AvgIpc) is 2.71. The molecular formula is C17H31N3O2. The third-order valence-corrected chi connectivity index (χ3v) is 5.41. The highest BCUT2D eigenvalue weighted by molar-refractivity contribution is 6.07. The van der Waals surface area contributed by atoms with E-state index in [0.717, 1.165) is 45.2 Å². The van der Waals surface area contributed by atoms with Crippen molar-refractivity contribution in [3.8, 4) is 0 Å². The first kappa shape index (κ1) is 17.3. The fourth-order valence-electron chi connectivity index (χ4n) is 4.17. The minimum Gasteiger partial charge on any atom is -0.323 e. The summed E-state index contributed by atoms with van der Waals surface area (Å²) in [5, 5.41) is 3.07. The van der Waals surface area contributed by atoms with E-state index in [1.165, 1.54) is 4.90 Å². The molecule has 0 radical (unpaired) electrons. The van der Waals surface area contributed by atoms with E-state index in [1.807, 2.05) is 0 Å². The van der Waals surface area contributed by atoms with Crippen LogP contribution in [0.3, 0.4) is 0 Å². The van der Waals surface area contributed by atoms with Gasteiger partial charge in [-0.2, -0.15) is 0 Å². The SMILES string of the molecule is CCCN(CCC)CN1C(=O)NC2(C1=O)C(C)CCCC2C. The lowest BCUT2D eigenvalue weighted by Gasteiger charge is -2.42. The number of hydrogen-bond donors (Lipinski definition) is 1. The number of nitrogens with one attached hydrogen (secondary N) is 1. The minimum absolute atomic E-state index is 0.00518. The maximum atomic E-state index is 13.1. The van der Waals surface area contributed by atoms with Crippen LogP contribution < -0.4 is 5.32 Å². The van der Waals surface area contributed by atoms with Gasteiger partial charge in [0.15, 0.2) is 0 Å². The molecule has 5 nitrogen and oxygen atoms in total. The van der Waals surface area contributed by atoms with Crippen molar-refractivity contribution in [3.05, 3.63) is 0 Å². The smallest absolute Gasteiger partial charge is 0.323 e. The predicted molar refractivity (Wildman–Crippen MR) is 87.3 cm³/mol. The van der Waals surface area contributed by atoms with E-state index in [2.05, 4.69) is 37.9 Å². The molecule has 0 aromatic carbocycles. The minimum atomic E-state index is -0.667. The van der Waals surface area contributed by atoms with Crippen LogP contribution in [0.4, 0.5) is 4.79 Å². The van der Waals surface area contributed by atoms with Crippen LogP contribution in [0.25, 0.3) is 0 Å². The van der Waals surface area contributed by atoms with Gasteiger partial charge in [-0.15, -0.1) is 0 Å². The number of nitrogens with zero attached hydrogens (tertiary/aromatic N) is 2. The zero-order valence-corrected chi connectivity index (χ0v) is 14.5. The summed E-state index contributed by atoms with van der Waals surface area (Å²) in [5.41, 5.74) is -0.667. The van der Waals surface area contributed by atoms with Gasteiger partial charge in [0.25, 0.3) is 5.91 Å². The van der Waals surface area contributed by atoms with Crippen molar-refractivity contribution in [1.29, 1.82) is 0 Å². The van der Waals surface area contributed by atoms with Crippen LogP contribution >= 0.6 is 0 Å². The van der Waals surface area contributed by atoms with E-state index >= 15 is 0 Å². The Morgan fingerprint density at radius 1 is 1.14 bits per heavy atom. The molecule has 3 amide bonds. The van der Waals surface area contributed by atoms with E-state index in [1.54, 1.807) is 0 Å². The summed E-state index contributed by atoms with van der Waals surface area (Å²) in [4.78, 5) is 29.2. The molecule has 2 fully saturated rings. The molecule has 1 aliphatic heterocycles. The Morgan fingerprint density at radius 3 is 2.18 bits per heavy atom. The summed E-state index contributed by atoms with van der Waals surface area (Å²) >= 11 is 0. The van der Waals surface area contributed by atoms with Gasteiger partial charge in [-0.1, -0.05) is 34.1 Å². The third kappa shape index (κ3) is 2.87. The number of carbonyl (C=O) groups is 2. The summed E-state index contributed by atoms with van der Waals surface area (Å²) in [6, 6.07) is -0.206. The first-order chi connectivity index (χ1) is 10.5. The van der Waals surface area contributed by atoms with Crippen LogP contribution in [0.5, 0.6) is 0 Å². The number of amides is 3. The summed E-state index contributed by atoms with van der Waals surface area (Å²) in [5.74, 6) is 0.418. The number of urea groups is 1. The summed E-state index contributed by atoms with van der Waals surface area (Å²) in [6.45, 7) is 10.7. The quantitative estimate of drug-likeness (QED) is 0.768. The van der Waals surface area contributed by atoms with Crippen LogP contribution in [-0.2, 0) is 4.79 Å². The van der Waals surface area contributed by atoms with Crippen LogP contribution in [0.1, 0.15) is 59.8 Å². The third-order valence-electron chi connectivity index (χ3n) is 5.41. The summed E-state index contributed by atoms with van der Waals surface area (Å²) in [7, 11) is 0. The monoisotopic (exact) mass is 309 g/mol. The molecule has 0 aromatic rings.